The van der Waals surface area contributed by atoms with Gasteiger partial charge in [-0.3, -0.25) is 0 Å². The maximum absolute atomic E-state index is 12.5. The van der Waals surface area contributed by atoms with Crippen LogP contribution in [-0.4, -0.2) is 4.98 Å². The van der Waals surface area contributed by atoms with E-state index in [2.05, 4.69) is 29.2 Å². The van der Waals surface area contributed by atoms with Gasteiger partial charge in [-0.05, 0) is 30.3 Å². The van der Waals surface area contributed by atoms with Gasteiger partial charge in [0.05, 0.1) is 0 Å². The highest BCUT2D eigenvalue weighted by molar-refractivity contribution is 7.19. The van der Waals surface area contributed by atoms with Gasteiger partial charge >= 0.3 is 0 Å². The predicted molar refractivity (Wildman–Crippen MR) is 127 cm³/mol. The minimum absolute atomic E-state index is 0.539. The number of anilines is 3. The van der Waals surface area contributed by atoms with E-state index in [1.54, 1.807) is 12.1 Å². The Morgan fingerprint density at radius 3 is 1.81 bits per heavy atom. The zero-order valence-corrected chi connectivity index (χ0v) is 17.4. The molecule has 5 heteroatoms. The van der Waals surface area contributed by atoms with Crippen molar-refractivity contribution in [3.05, 3.63) is 121 Å². The second-order valence-corrected chi connectivity index (χ2v) is 7.93. The normalized spacial score (nSPS) is 10.7. The standard InChI is InChI=1S/C26H19N3OS/c30-28-19-11-10-18-23(28)25-27-24(20-12-4-1-5-13-20)26(31-25)29(21-14-6-2-7-15-21)22-16-8-3-9-17-22/h1-19H. The smallest absolute Gasteiger partial charge is 0.252 e. The summed E-state index contributed by atoms with van der Waals surface area (Å²) in [5.41, 5.74) is 4.45. The summed E-state index contributed by atoms with van der Waals surface area (Å²) in [4.78, 5) is 7.14. The molecule has 31 heavy (non-hydrogen) atoms. The lowest BCUT2D eigenvalue weighted by molar-refractivity contribution is -0.593. The molecule has 150 valence electrons. The summed E-state index contributed by atoms with van der Waals surface area (Å²) in [6.45, 7) is 0. The quantitative estimate of drug-likeness (QED) is 0.238. The maximum Gasteiger partial charge on any atom is 0.252 e. The van der Waals surface area contributed by atoms with Crippen molar-refractivity contribution in [3.63, 3.8) is 0 Å². The van der Waals surface area contributed by atoms with E-state index < -0.39 is 0 Å². The van der Waals surface area contributed by atoms with Crippen LogP contribution in [-0.2, 0) is 0 Å². The summed E-state index contributed by atoms with van der Waals surface area (Å²) >= 11 is 1.51. The van der Waals surface area contributed by atoms with Crippen molar-refractivity contribution in [2.45, 2.75) is 0 Å². The summed E-state index contributed by atoms with van der Waals surface area (Å²) in [5.74, 6) is 0. The van der Waals surface area contributed by atoms with Crippen molar-refractivity contribution in [2.24, 2.45) is 0 Å². The molecule has 3 aromatic carbocycles. The number of hydrogen-bond acceptors (Lipinski definition) is 4. The van der Waals surface area contributed by atoms with Gasteiger partial charge in [-0.15, -0.1) is 0 Å². The molecule has 5 aromatic rings. The third kappa shape index (κ3) is 3.79. The zero-order chi connectivity index (χ0) is 21.0. The summed E-state index contributed by atoms with van der Waals surface area (Å²) < 4.78 is 0.868. The molecule has 0 unspecified atom stereocenters. The van der Waals surface area contributed by atoms with E-state index in [9.17, 15) is 5.21 Å². The molecule has 0 fully saturated rings. The number of thiazole rings is 1. The number of rotatable bonds is 5. The topological polar surface area (TPSA) is 43.1 Å². The molecule has 0 atom stereocenters. The fourth-order valence-corrected chi connectivity index (χ4v) is 4.63. The largest absolute Gasteiger partial charge is 0.618 e. The zero-order valence-electron chi connectivity index (χ0n) is 16.6. The van der Waals surface area contributed by atoms with E-state index in [4.69, 9.17) is 4.98 Å². The lowest BCUT2D eigenvalue weighted by Crippen LogP contribution is -2.27. The molecular formula is C26H19N3OS. The van der Waals surface area contributed by atoms with Crippen molar-refractivity contribution in [3.8, 4) is 22.0 Å². The average molecular weight is 422 g/mol. The van der Waals surface area contributed by atoms with Gasteiger partial charge in [0, 0.05) is 29.1 Å². The molecule has 4 nitrogen and oxygen atoms in total. The number of pyridine rings is 1. The van der Waals surface area contributed by atoms with Crippen LogP contribution in [0.5, 0.6) is 0 Å². The van der Waals surface area contributed by atoms with Gasteiger partial charge in [0.2, 0.25) is 0 Å². The molecular weight excluding hydrogens is 402 g/mol. The van der Waals surface area contributed by atoms with Gasteiger partial charge in [-0.2, -0.15) is 4.73 Å². The van der Waals surface area contributed by atoms with Crippen molar-refractivity contribution in [1.82, 2.24) is 4.98 Å². The van der Waals surface area contributed by atoms with Crippen molar-refractivity contribution < 1.29 is 4.73 Å². The van der Waals surface area contributed by atoms with E-state index in [1.165, 1.54) is 17.5 Å². The molecule has 0 aliphatic carbocycles. The predicted octanol–water partition coefficient (Wildman–Crippen LogP) is 6.58. The molecule has 0 saturated heterocycles. The van der Waals surface area contributed by atoms with Gasteiger partial charge in [0.1, 0.15) is 10.7 Å². The Morgan fingerprint density at radius 1 is 0.677 bits per heavy atom. The lowest BCUT2D eigenvalue weighted by Gasteiger charge is -2.24. The Labute approximate surface area is 184 Å². The van der Waals surface area contributed by atoms with Crippen LogP contribution < -0.4 is 9.63 Å². The number of para-hydroxylation sites is 2. The molecule has 2 aromatic heterocycles. The minimum Gasteiger partial charge on any atom is -0.618 e. The third-order valence-corrected chi connectivity index (χ3v) is 5.99. The van der Waals surface area contributed by atoms with Crippen LogP contribution in [0.4, 0.5) is 16.4 Å². The number of nitrogens with zero attached hydrogens (tertiary/aromatic N) is 3. The second kappa shape index (κ2) is 8.42. The fourth-order valence-electron chi connectivity index (χ4n) is 3.49. The SMILES string of the molecule is [O-][n+]1ccccc1-c1nc(-c2ccccc2)c(N(c2ccccc2)c2ccccc2)s1. The first-order valence-corrected chi connectivity index (χ1v) is 10.8. The van der Waals surface area contributed by atoms with E-state index in [1.807, 2.05) is 72.8 Å². The number of benzene rings is 3. The average Bonchev–Trinajstić information content (AvgIpc) is 3.26. The van der Waals surface area contributed by atoms with E-state index in [0.29, 0.717) is 10.7 Å². The molecule has 0 spiro atoms. The summed E-state index contributed by atoms with van der Waals surface area (Å²) in [6.07, 6.45) is 1.50. The minimum atomic E-state index is 0.539. The molecule has 2 heterocycles. The van der Waals surface area contributed by atoms with Crippen molar-refractivity contribution >= 4 is 27.7 Å². The molecule has 5 rings (SSSR count). The van der Waals surface area contributed by atoms with Gasteiger partial charge in [-0.25, -0.2) is 4.98 Å². The van der Waals surface area contributed by atoms with Gasteiger partial charge in [0.25, 0.3) is 5.69 Å². The molecule has 0 aliphatic rings. The Morgan fingerprint density at radius 2 is 1.23 bits per heavy atom. The first kappa shape index (κ1) is 19.0. The first-order chi connectivity index (χ1) is 15.3. The van der Waals surface area contributed by atoms with Gasteiger partial charge < -0.3 is 10.1 Å². The molecule has 0 bridgehead atoms. The summed E-state index contributed by atoms with van der Waals surface area (Å²) in [7, 11) is 0. The van der Waals surface area contributed by atoms with Crippen LogP contribution in [0.1, 0.15) is 0 Å². The van der Waals surface area contributed by atoms with Gasteiger partial charge in [-0.1, -0.05) is 78.1 Å². The molecule has 0 N–H and O–H groups in total. The molecule has 0 amide bonds. The first-order valence-electron chi connectivity index (χ1n) is 9.96. The highest BCUT2D eigenvalue weighted by Gasteiger charge is 2.24. The third-order valence-electron chi connectivity index (χ3n) is 4.93. The highest BCUT2D eigenvalue weighted by atomic mass is 32.1. The molecule has 0 saturated carbocycles. The van der Waals surface area contributed by atoms with Crippen LogP contribution in [0.3, 0.4) is 0 Å². The highest BCUT2D eigenvalue weighted by Crippen LogP contribution is 2.45. The van der Waals surface area contributed by atoms with Crippen molar-refractivity contribution in [1.29, 1.82) is 0 Å². The lowest BCUT2D eigenvalue weighted by atomic mass is 10.1. The van der Waals surface area contributed by atoms with Crippen LogP contribution in [0.25, 0.3) is 22.0 Å². The second-order valence-electron chi connectivity index (χ2n) is 6.96. The maximum atomic E-state index is 12.5. The fraction of sp³-hybridized carbons (Fsp3) is 0. The van der Waals surface area contributed by atoms with Gasteiger partial charge in [0.15, 0.2) is 11.2 Å². The molecule has 0 radical (unpaired) electrons. The van der Waals surface area contributed by atoms with E-state index in [0.717, 1.165) is 32.4 Å². The summed E-state index contributed by atoms with van der Waals surface area (Å²) in [5, 5.41) is 14.1. The molecule has 0 aliphatic heterocycles. The Kier molecular flexibility index (Phi) is 5.17. The van der Waals surface area contributed by atoms with E-state index in [-0.39, 0.29) is 0 Å². The Balaban J connectivity index is 1.77. The number of hydrogen-bond donors (Lipinski definition) is 0. The van der Waals surface area contributed by atoms with Crippen LogP contribution >= 0.6 is 11.3 Å². The Bertz CT molecular complexity index is 1250. The summed E-state index contributed by atoms with van der Waals surface area (Å²) in [6, 6.07) is 35.9. The van der Waals surface area contributed by atoms with Crippen molar-refractivity contribution in [2.75, 3.05) is 4.90 Å². The Hall–Kier alpha value is -3.96. The van der Waals surface area contributed by atoms with Crippen LogP contribution in [0.2, 0.25) is 0 Å². The monoisotopic (exact) mass is 421 g/mol. The number of aromatic nitrogens is 2. The van der Waals surface area contributed by atoms with E-state index >= 15 is 0 Å². The van der Waals surface area contributed by atoms with Crippen LogP contribution in [0, 0.1) is 5.21 Å². The van der Waals surface area contributed by atoms with Crippen LogP contribution in [0.15, 0.2) is 115 Å².